The lowest BCUT2D eigenvalue weighted by Gasteiger charge is -2.06. The Bertz CT molecular complexity index is 537. The van der Waals surface area contributed by atoms with Crippen molar-refractivity contribution in [3.8, 4) is 0 Å². The SMILES string of the molecule is CNC(C)c1cnn(Cc2cc(F)ccc2F)c1. The first-order valence-corrected chi connectivity index (χ1v) is 5.73. The van der Waals surface area contributed by atoms with Gasteiger partial charge < -0.3 is 5.32 Å². The van der Waals surface area contributed by atoms with E-state index >= 15 is 0 Å². The number of aromatic nitrogens is 2. The molecule has 0 aliphatic heterocycles. The summed E-state index contributed by atoms with van der Waals surface area (Å²) in [6, 6.07) is 3.61. The van der Waals surface area contributed by atoms with Crippen molar-refractivity contribution in [2.24, 2.45) is 0 Å². The monoisotopic (exact) mass is 251 g/mol. The van der Waals surface area contributed by atoms with Gasteiger partial charge in [-0.05, 0) is 32.2 Å². The van der Waals surface area contributed by atoms with Crippen LogP contribution in [0.25, 0.3) is 0 Å². The Morgan fingerprint density at radius 1 is 1.39 bits per heavy atom. The van der Waals surface area contributed by atoms with Crippen molar-refractivity contribution in [1.29, 1.82) is 0 Å². The molecule has 0 amide bonds. The molecule has 96 valence electrons. The van der Waals surface area contributed by atoms with Crippen LogP contribution in [0.1, 0.15) is 24.1 Å². The van der Waals surface area contributed by atoms with Crippen LogP contribution in [0.3, 0.4) is 0 Å². The smallest absolute Gasteiger partial charge is 0.128 e. The van der Waals surface area contributed by atoms with E-state index in [-0.39, 0.29) is 12.6 Å². The topological polar surface area (TPSA) is 29.9 Å². The molecule has 0 saturated carbocycles. The molecule has 0 fully saturated rings. The van der Waals surface area contributed by atoms with Gasteiger partial charge in [0.15, 0.2) is 0 Å². The Kier molecular flexibility index (Phi) is 3.72. The van der Waals surface area contributed by atoms with E-state index in [0.29, 0.717) is 5.56 Å². The molecule has 1 aromatic heterocycles. The molecule has 2 rings (SSSR count). The van der Waals surface area contributed by atoms with Gasteiger partial charge in [-0.3, -0.25) is 4.68 Å². The fourth-order valence-electron chi connectivity index (χ4n) is 1.70. The second-order valence-corrected chi connectivity index (χ2v) is 4.22. The van der Waals surface area contributed by atoms with Crippen LogP contribution in [0.4, 0.5) is 8.78 Å². The van der Waals surface area contributed by atoms with E-state index in [4.69, 9.17) is 0 Å². The number of hydrogen-bond acceptors (Lipinski definition) is 2. The molecule has 1 N–H and O–H groups in total. The van der Waals surface area contributed by atoms with Crippen molar-refractivity contribution >= 4 is 0 Å². The minimum Gasteiger partial charge on any atom is -0.313 e. The van der Waals surface area contributed by atoms with Crippen LogP contribution in [-0.2, 0) is 6.54 Å². The van der Waals surface area contributed by atoms with Gasteiger partial charge in [-0.2, -0.15) is 5.10 Å². The Labute approximate surface area is 104 Å². The molecular weight excluding hydrogens is 236 g/mol. The highest BCUT2D eigenvalue weighted by Crippen LogP contribution is 2.14. The molecule has 18 heavy (non-hydrogen) atoms. The maximum absolute atomic E-state index is 13.5. The highest BCUT2D eigenvalue weighted by Gasteiger charge is 2.08. The average Bonchev–Trinajstić information content (AvgIpc) is 2.81. The summed E-state index contributed by atoms with van der Waals surface area (Å²) in [4.78, 5) is 0. The molecule has 1 unspecified atom stereocenters. The Balaban J connectivity index is 2.18. The number of rotatable bonds is 4. The Hall–Kier alpha value is -1.75. The van der Waals surface area contributed by atoms with E-state index in [1.54, 1.807) is 10.9 Å². The van der Waals surface area contributed by atoms with Crippen molar-refractivity contribution < 1.29 is 8.78 Å². The number of nitrogens with zero attached hydrogens (tertiary/aromatic N) is 2. The van der Waals surface area contributed by atoms with Crippen LogP contribution < -0.4 is 5.32 Å². The highest BCUT2D eigenvalue weighted by molar-refractivity contribution is 5.19. The molecule has 0 radical (unpaired) electrons. The summed E-state index contributed by atoms with van der Waals surface area (Å²) in [7, 11) is 1.86. The predicted molar refractivity (Wildman–Crippen MR) is 65.2 cm³/mol. The Morgan fingerprint density at radius 2 is 2.17 bits per heavy atom. The predicted octanol–water partition coefficient (Wildman–Crippen LogP) is 2.49. The first kappa shape index (κ1) is 12.7. The lowest BCUT2D eigenvalue weighted by atomic mass is 10.2. The van der Waals surface area contributed by atoms with Gasteiger partial charge in [0.05, 0.1) is 12.7 Å². The number of nitrogens with one attached hydrogen (secondary N) is 1. The second-order valence-electron chi connectivity index (χ2n) is 4.22. The van der Waals surface area contributed by atoms with E-state index in [1.165, 1.54) is 6.07 Å². The van der Waals surface area contributed by atoms with Gasteiger partial charge in [-0.1, -0.05) is 0 Å². The van der Waals surface area contributed by atoms with E-state index in [0.717, 1.165) is 17.7 Å². The summed E-state index contributed by atoms with van der Waals surface area (Å²) in [5, 5.41) is 7.23. The van der Waals surface area contributed by atoms with Crippen LogP contribution in [0, 0.1) is 11.6 Å². The third-order valence-electron chi connectivity index (χ3n) is 2.93. The second kappa shape index (κ2) is 5.27. The summed E-state index contributed by atoms with van der Waals surface area (Å²) in [5.74, 6) is -0.863. The van der Waals surface area contributed by atoms with E-state index in [9.17, 15) is 8.78 Å². The van der Waals surface area contributed by atoms with Crippen molar-refractivity contribution in [2.45, 2.75) is 19.5 Å². The molecule has 1 aromatic carbocycles. The number of hydrogen-bond donors (Lipinski definition) is 1. The van der Waals surface area contributed by atoms with Crippen LogP contribution in [0.5, 0.6) is 0 Å². The maximum atomic E-state index is 13.5. The Morgan fingerprint density at radius 3 is 2.89 bits per heavy atom. The summed E-state index contributed by atoms with van der Waals surface area (Å²) in [6.07, 6.45) is 3.55. The fraction of sp³-hybridized carbons (Fsp3) is 0.308. The van der Waals surface area contributed by atoms with Crippen molar-refractivity contribution in [2.75, 3.05) is 7.05 Å². The highest BCUT2D eigenvalue weighted by atomic mass is 19.1. The van der Waals surface area contributed by atoms with Gasteiger partial charge in [0.25, 0.3) is 0 Å². The minimum absolute atomic E-state index is 0.177. The molecule has 0 aliphatic carbocycles. The van der Waals surface area contributed by atoms with Crippen molar-refractivity contribution in [3.05, 3.63) is 53.4 Å². The largest absolute Gasteiger partial charge is 0.313 e. The standard InChI is InChI=1S/C13H15F2N3/c1-9(16-2)11-6-17-18(8-11)7-10-5-12(14)3-4-13(10)15/h3-6,8-9,16H,7H2,1-2H3. The number of benzene rings is 1. The molecule has 2 aromatic rings. The van der Waals surface area contributed by atoms with Gasteiger partial charge >= 0.3 is 0 Å². The molecule has 1 atom stereocenters. The van der Waals surface area contributed by atoms with Gasteiger partial charge in [-0.25, -0.2) is 8.78 Å². The molecule has 0 spiro atoms. The first-order valence-electron chi connectivity index (χ1n) is 5.73. The normalized spacial score (nSPS) is 12.7. The van der Waals surface area contributed by atoms with Crippen LogP contribution in [0.2, 0.25) is 0 Å². The summed E-state index contributed by atoms with van der Waals surface area (Å²) in [6.45, 7) is 2.23. The van der Waals surface area contributed by atoms with Gasteiger partial charge in [0, 0.05) is 23.4 Å². The zero-order valence-corrected chi connectivity index (χ0v) is 10.3. The van der Waals surface area contributed by atoms with E-state index in [2.05, 4.69) is 10.4 Å². The van der Waals surface area contributed by atoms with E-state index < -0.39 is 11.6 Å². The average molecular weight is 251 g/mol. The number of halogens is 2. The van der Waals surface area contributed by atoms with Gasteiger partial charge in [0.1, 0.15) is 11.6 Å². The molecule has 0 aliphatic rings. The van der Waals surface area contributed by atoms with E-state index in [1.807, 2.05) is 20.2 Å². The molecule has 3 nitrogen and oxygen atoms in total. The quantitative estimate of drug-likeness (QED) is 0.904. The maximum Gasteiger partial charge on any atom is 0.128 e. The van der Waals surface area contributed by atoms with Gasteiger partial charge in [0.2, 0.25) is 0 Å². The van der Waals surface area contributed by atoms with Crippen molar-refractivity contribution in [3.63, 3.8) is 0 Å². The molecule has 0 saturated heterocycles. The van der Waals surface area contributed by atoms with Crippen molar-refractivity contribution in [1.82, 2.24) is 15.1 Å². The van der Waals surface area contributed by atoms with Gasteiger partial charge in [-0.15, -0.1) is 0 Å². The van der Waals surface area contributed by atoms with Crippen LogP contribution >= 0.6 is 0 Å². The summed E-state index contributed by atoms with van der Waals surface area (Å²) < 4.78 is 28.1. The molecule has 5 heteroatoms. The van der Waals surface area contributed by atoms with Crippen LogP contribution in [0.15, 0.2) is 30.6 Å². The summed E-state index contributed by atoms with van der Waals surface area (Å²) in [5.41, 5.74) is 1.30. The third kappa shape index (κ3) is 2.73. The lowest BCUT2D eigenvalue weighted by Crippen LogP contribution is -2.11. The molecular formula is C13H15F2N3. The fourth-order valence-corrected chi connectivity index (χ4v) is 1.70. The third-order valence-corrected chi connectivity index (χ3v) is 2.93. The summed E-state index contributed by atoms with van der Waals surface area (Å²) >= 11 is 0. The molecule has 0 bridgehead atoms. The minimum atomic E-state index is -0.442. The van der Waals surface area contributed by atoms with Crippen LogP contribution in [-0.4, -0.2) is 16.8 Å². The zero-order chi connectivity index (χ0) is 13.1. The first-order chi connectivity index (χ1) is 8.60. The zero-order valence-electron chi connectivity index (χ0n) is 10.3. The molecule has 1 heterocycles. The lowest BCUT2D eigenvalue weighted by molar-refractivity contribution is 0.566.